The molecule has 3 heteroatoms. The van der Waals surface area contributed by atoms with Crippen molar-refractivity contribution in [2.75, 3.05) is 0 Å². The molecule has 0 aliphatic rings. The van der Waals surface area contributed by atoms with Gasteiger partial charge in [-0.05, 0) is 34.9 Å². The minimum absolute atomic E-state index is 0.252. The second-order valence-corrected chi connectivity index (χ2v) is 5.83. The van der Waals surface area contributed by atoms with Crippen molar-refractivity contribution in [3.63, 3.8) is 0 Å². The highest BCUT2D eigenvalue weighted by atomic mass is 127. The number of hydrogen-bond donors (Lipinski definition) is 0. The normalized spacial score (nSPS) is 12.1. The van der Waals surface area contributed by atoms with Gasteiger partial charge in [-0.1, -0.05) is 20.8 Å². The zero-order valence-electron chi connectivity index (χ0n) is 7.23. The molecule has 11 heavy (non-hydrogen) atoms. The second-order valence-electron chi connectivity index (χ2n) is 3.60. The Hall–Kier alpha value is 0.360. The van der Waals surface area contributed by atoms with Gasteiger partial charge in [0.15, 0.2) is 0 Å². The van der Waals surface area contributed by atoms with Gasteiger partial charge in [0.25, 0.3) is 0 Å². The van der Waals surface area contributed by atoms with E-state index in [1.165, 1.54) is 9.88 Å². The van der Waals surface area contributed by atoms with Crippen LogP contribution in [0.15, 0.2) is 0 Å². The molecule has 1 aromatic rings. The first-order valence-corrected chi connectivity index (χ1v) is 5.44. The Morgan fingerprint density at radius 2 is 1.91 bits per heavy atom. The molecule has 0 spiro atoms. The molecule has 1 rings (SSSR count). The lowest BCUT2D eigenvalue weighted by atomic mass is 9.96. The Bertz CT molecular complexity index is 260. The van der Waals surface area contributed by atoms with Gasteiger partial charge in [0.05, 0.1) is 5.01 Å². The van der Waals surface area contributed by atoms with E-state index < -0.39 is 0 Å². The number of halogens is 1. The van der Waals surface area contributed by atoms with Crippen LogP contribution in [0.1, 0.15) is 30.7 Å². The number of hydrogen-bond acceptors (Lipinski definition) is 2. The summed E-state index contributed by atoms with van der Waals surface area (Å²) in [5, 5.41) is 1.17. The summed E-state index contributed by atoms with van der Waals surface area (Å²) in [4.78, 5) is 5.78. The monoisotopic (exact) mass is 281 g/mol. The standard InChI is InChI=1S/C8H12INS/c1-5-10-7(9)6(11-5)8(2,3)4/h1-4H3. The van der Waals surface area contributed by atoms with Gasteiger partial charge in [0.2, 0.25) is 0 Å². The SMILES string of the molecule is Cc1nc(I)c(C(C)(C)C)s1. The zero-order valence-corrected chi connectivity index (χ0v) is 10.2. The summed E-state index contributed by atoms with van der Waals surface area (Å²) < 4.78 is 1.16. The molecule has 1 aromatic heterocycles. The van der Waals surface area contributed by atoms with E-state index in [0.717, 1.165) is 3.70 Å². The van der Waals surface area contributed by atoms with Crippen LogP contribution in [0.25, 0.3) is 0 Å². The Kier molecular flexibility index (Phi) is 2.59. The van der Waals surface area contributed by atoms with Gasteiger partial charge >= 0.3 is 0 Å². The Balaban J connectivity index is 3.13. The lowest BCUT2D eigenvalue weighted by Crippen LogP contribution is -2.10. The van der Waals surface area contributed by atoms with Crippen LogP contribution in [0.3, 0.4) is 0 Å². The molecular weight excluding hydrogens is 269 g/mol. The van der Waals surface area contributed by atoms with E-state index in [1.807, 2.05) is 0 Å². The van der Waals surface area contributed by atoms with Gasteiger partial charge < -0.3 is 0 Å². The predicted octanol–water partition coefficient (Wildman–Crippen LogP) is 3.35. The molecule has 0 bridgehead atoms. The third-order valence-electron chi connectivity index (χ3n) is 1.37. The number of rotatable bonds is 0. The van der Waals surface area contributed by atoms with Crippen LogP contribution < -0.4 is 0 Å². The predicted molar refractivity (Wildman–Crippen MR) is 58.3 cm³/mol. The summed E-state index contributed by atoms with van der Waals surface area (Å²) in [7, 11) is 0. The first kappa shape index (κ1) is 9.45. The third kappa shape index (κ3) is 2.15. The van der Waals surface area contributed by atoms with Gasteiger partial charge in [-0.3, -0.25) is 0 Å². The number of nitrogens with zero attached hydrogens (tertiary/aromatic N) is 1. The second kappa shape index (κ2) is 3.01. The largest absolute Gasteiger partial charge is 0.235 e. The molecular formula is C8H12INS. The highest BCUT2D eigenvalue weighted by Crippen LogP contribution is 2.31. The molecule has 0 amide bonds. The highest BCUT2D eigenvalue weighted by Gasteiger charge is 2.20. The van der Waals surface area contributed by atoms with Crippen molar-refractivity contribution in [2.24, 2.45) is 0 Å². The van der Waals surface area contributed by atoms with E-state index in [0.29, 0.717) is 0 Å². The molecule has 0 aromatic carbocycles. The van der Waals surface area contributed by atoms with Crippen LogP contribution in [-0.4, -0.2) is 4.98 Å². The molecule has 62 valence electrons. The first-order valence-electron chi connectivity index (χ1n) is 3.54. The third-order valence-corrected chi connectivity index (χ3v) is 3.92. The van der Waals surface area contributed by atoms with Crippen molar-refractivity contribution in [3.05, 3.63) is 13.6 Å². The van der Waals surface area contributed by atoms with E-state index in [-0.39, 0.29) is 5.41 Å². The van der Waals surface area contributed by atoms with Gasteiger partial charge in [0.1, 0.15) is 3.70 Å². The van der Waals surface area contributed by atoms with E-state index in [4.69, 9.17) is 0 Å². The summed E-state index contributed by atoms with van der Waals surface area (Å²) in [5.41, 5.74) is 0.252. The molecule has 0 radical (unpaired) electrons. The summed E-state index contributed by atoms with van der Waals surface area (Å²) >= 11 is 4.11. The Morgan fingerprint density at radius 1 is 1.36 bits per heavy atom. The number of aromatic nitrogens is 1. The average molecular weight is 281 g/mol. The molecule has 0 aliphatic carbocycles. The molecule has 0 N–H and O–H groups in total. The Labute approximate surface area is 85.4 Å². The van der Waals surface area contributed by atoms with Crippen LogP contribution >= 0.6 is 33.9 Å². The van der Waals surface area contributed by atoms with Crippen LogP contribution in [-0.2, 0) is 5.41 Å². The van der Waals surface area contributed by atoms with Crippen LogP contribution in [0.5, 0.6) is 0 Å². The average Bonchev–Trinajstić information content (AvgIpc) is 2.08. The summed E-state index contributed by atoms with van der Waals surface area (Å²) in [6.45, 7) is 8.73. The van der Waals surface area contributed by atoms with Crippen molar-refractivity contribution < 1.29 is 0 Å². The first-order chi connectivity index (χ1) is 4.91. The van der Waals surface area contributed by atoms with Crippen LogP contribution in [0.4, 0.5) is 0 Å². The molecule has 0 saturated carbocycles. The fourth-order valence-corrected chi connectivity index (χ4v) is 3.40. The van der Waals surface area contributed by atoms with Crippen molar-refractivity contribution in [1.82, 2.24) is 4.98 Å². The van der Waals surface area contributed by atoms with Gasteiger partial charge in [-0.15, -0.1) is 11.3 Å². The fraction of sp³-hybridized carbons (Fsp3) is 0.625. The van der Waals surface area contributed by atoms with E-state index in [9.17, 15) is 0 Å². The van der Waals surface area contributed by atoms with E-state index >= 15 is 0 Å². The number of thiazole rings is 1. The summed E-state index contributed by atoms with van der Waals surface area (Å²) in [6, 6.07) is 0. The topological polar surface area (TPSA) is 12.9 Å². The molecule has 1 heterocycles. The van der Waals surface area contributed by atoms with E-state index in [2.05, 4.69) is 55.3 Å². The number of aryl methyl sites for hydroxylation is 1. The summed E-state index contributed by atoms with van der Waals surface area (Å²) in [6.07, 6.45) is 0. The maximum Gasteiger partial charge on any atom is 0.116 e. The fourth-order valence-electron chi connectivity index (χ4n) is 0.864. The van der Waals surface area contributed by atoms with Crippen molar-refractivity contribution in [3.8, 4) is 0 Å². The highest BCUT2D eigenvalue weighted by molar-refractivity contribution is 14.1. The minimum Gasteiger partial charge on any atom is -0.235 e. The molecule has 0 unspecified atom stereocenters. The lowest BCUT2D eigenvalue weighted by molar-refractivity contribution is 0.599. The Morgan fingerprint density at radius 3 is 2.09 bits per heavy atom. The van der Waals surface area contributed by atoms with Crippen molar-refractivity contribution in [2.45, 2.75) is 33.1 Å². The smallest absolute Gasteiger partial charge is 0.116 e. The maximum atomic E-state index is 4.38. The maximum absolute atomic E-state index is 4.38. The minimum atomic E-state index is 0.252. The molecule has 0 atom stereocenters. The van der Waals surface area contributed by atoms with Crippen LogP contribution in [0.2, 0.25) is 0 Å². The molecule has 1 nitrogen and oxygen atoms in total. The van der Waals surface area contributed by atoms with Gasteiger partial charge in [-0.25, -0.2) is 4.98 Å². The molecule has 0 fully saturated rings. The molecule has 0 aliphatic heterocycles. The summed E-state index contributed by atoms with van der Waals surface area (Å²) in [5.74, 6) is 0. The molecule has 0 saturated heterocycles. The van der Waals surface area contributed by atoms with E-state index in [1.54, 1.807) is 11.3 Å². The zero-order chi connectivity index (χ0) is 8.65. The lowest BCUT2D eigenvalue weighted by Gasteiger charge is -2.15. The quantitative estimate of drug-likeness (QED) is 0.664. The van der Waals surface area contributed by atoms with Gasteiger partial charge in [-0.2, -0.15) is 0 Å². The van der Waals surface area contributed by atoms with Crippen molar-refractivity contribution in [1.29, 1.82) is 0 Å². The van der Waals surface area contributed by atoms with Crippen molar-refractivity contribution >= 4 is 33.9 Å². The van der Waals surface area contributed by atoms with Gasteiger partial charge in [0, 0.05) is 4.88 Å². The van der Waals surface area contributed by atoms with Crippen LogP contribution in [0, 0.1) is 10.6 Å².